The number of esters is 1. The molecule has 0 bridgehead atoms. The van der Waals surface area contributed by atoms with E-state index >= 15 is 0 Å². The van der Waals surface area contributed by atoms with E-state index in [9.17, 15) is 13.2 Å². The minimum Gasteiger partial charge on any atom is -0.495 e. The number of nitriles is 1. The summed E-state index contributed by atoms with van der Waals surface area (Å²) in [5, 5.41) is 8.58. The minimum absolute atomic E-state index is 0.0425. The van der Waals surface area contributed by atoms with Gasteiger partial charge in [-0.05, 0) is 36.8 Å². The van der Waals surface area contributed by atoms with E-state index in [-0.39, 0.29) is 28.5 Å². The van der Waals surface area contributed by atoms with Gasteiger partial charge in [-0.3, -0.25) is 4.31 Å². The normalized spacial score (nSPS) is 10.8. The summed E-state index contributed by atoms with van der Waals surface area (Å²) < 4.78 is 37.4. The second-order valence-corrected chi connectivity index (χ2v) is 8.06. The molecule has 0 atom stereocenters. The molecule has 0 aliphatic heterocycles. The zero-order valence-electron chi connectivity index (χ0n) is 15.4. The third-order valence-electron chi connectivity index (χ3n) is 3.91. The summed E-state index contributed by atoms with van der Waals surface area (Å²) in [6.45, 7) is 0.0425. The molecule has 148 valence electrons. The average Bonchev–Trinajstić information content (AvgIpc) is 2.70. The molecule has 9 heteroatoms. The maximum absolute atomic E-state index is 13.0. The smallest absolute Gasteiger partial charge is 0.339 e. The van der Waals surface area contributed by atoms with Gasteiger partial charge in [-0.25, -0.2) is 13.2 Å². The first-order valence-corrected chi connectivity index (χ1v) is 10.1. The molecule has 0 spiro atoms. The number of hydrogen-bond donors (Lipinski definition) is 0. The summed E-state index contributed by atoms with van der Waals surface area (Å²) >= 11 is 6.04. The van der Waals surface area contributed by atoms with E-state index in [4.69, 9.17) is 26.3 Å². The first kappa shape index (κ1) is 21.5. The number of nitrogens with zero attached hydrogens (tertiary/aromatic N) is 2. The van der Waals surface area contributed by atoms with Gasteiger partial charge < -0.3 is 9.47 Å². The Bertz CT molecular complexity index is 1000. The largest absolute Gasteiger partial charge is 0.495 e. The Kier molecular flexibility index (Phi) is 7.26. The number of benzene rings is 2. The highest BCUT2D eigenvalue weighted by atomic mass is 35.5. The number of carbonyl (C=O) groups excluding carboxylic acids is 1. The van der Waals surface area contributed by atoms with Gasteiger partial charge in [0.25, 0.3) is 10.0 Å². The molecule has 0 heterocycles. The van der Waals surface area contributed by atoms with E-state index in [1.54, 1.807) is 24.3 Å². The van der Waals surface area contributed by atoms with E-state index < -0.39 is 16.0 Å². The van der Waals surface area contributed by atoms with Gasteiger partial charge in [-0.2, -0.15) is 5.26 Å². The topological polar surface area (TPSA) is 96.7 Å². The van der Waals surface area contributed by atoms with Crippen LogP contribution in [0.25, 0.3) is 0 Å². The molecule has 0 unspecified atom stereocenters. The highest BCUT2D eigenvalue weighted by Gasteiger charge is 2.26. The Morgan fingerprint density at radius 3 is 2.64 bits per heavy atom. The molecular formula is C19H19ClN2O5S. The second kappa shape index (κ2) is 9.44. The summed E-state index contributed by atoms with van der Waals surface area (Å²) in [6, 6.07) is 12.4. The fourth-order valence-electron chi connectivity index (χ4n) is 2.39. The zero-order valence-corrected chi connectivity index (χ0v) is 17.0. The predicted molar refractivity (Wildman–Crippen MR) is 105 cm³/mol. The average molecular weight is 423 g/mol. The van der Waals surface area contributed by atoms with Crippen molar-refractivity contribution in [1.82, 2.24) is 0 Å². The van der Waals surface area contributed by atoms with E-state index in [1.165, 1.54) is 32.4 Å². The van der Waals surface area contributed by atoms with Crippen molar-refractivity contribution in [3.8, 4) is 11.8 Å². The maximum atomic E-state index is 13.0. The molecule has 0 aliphatic rings. The van der Waals surface area contributed by atoms with Crippen LogP contribution in [0.5, 0.6) is 5.75 Å². The van der Waals surface area contributed by atoms with E-state index in [0.29, 0.717) is 17.9 Å². The van der Waals surface area contributed by atoms with Gasteiger partial charge >= 0.3 is 5.97 Å². The highest BCUT2D eigenvalue weighted by Crippen LogP contribution is 2.32. The minimum atomic E-state index is -3.98. The fraction of sp³-hybridized carbons (Fsp3) is 0.263. The third kappa shape index (κ3) is 4.74. The van der Waals surface area contributed by atoms with Crippen molar-refractivity contribution < 1.29 is 22.7 Å². The van der Waals surface area contributed by atoms with Gasteiger partial charge in [0, 0.05) is 13.5 Å². The first-order chi connectivity index (χ1) is 13.3. The van der Waals surface area contributed by atoms with Crippen LogP contribution in [-0.2, 0) is 14.8 Å². The molecule has 0 saturated carbocycles. The molecule has 0 aromatic heterocycles. The van der Waals surface area contributed by atoms with Crippen LogP contribution in [0.3, 0.4) is 0 Å². The van der Waals surface area contributed by atoms with Crippen LogP contribution in [-0.4, -0.2) is 35.2 Å². The number of rotatable bonds is 8. The number of carbonyl (C=O) groups is 1. The molecule has 0 radical (unpaired) electrons. The quantitative estimate of drug-likeness (QED) is 0.476. The highest BCUT2D eigenvalue weighted by molar-refractivity contribution is 7.92. The molecule has 0 saturated heterocycles. The summed E-state index contributed by atoms with van der Waals surface area (Å²) in [5.74, 6) is -0.361. The van der Waals surface area contributed by atoms with Crippen LogP contribution in [0.1, 0.15) is 23.2 Å². The van der Waals surface area contributed by atoms with Crippen LogP contribution in [0, 0.1) is 11.3 Å². The number of halogens is 1. The monoisotopic (exact) mass is 422 g/mol. The second-order valence-electron chi connectivity index (χ2n) is 5.68. The molecule has 2 rings (SSSR count). The van der Waals surface area contributed by atoms with Crippen molar-refractivity contribution in [2.45, 2.75) is 17.7 Å². The van der Waals surface area contributed by atoms with Crippen molar-refractivity contribution >= 4 is 33.3 Å². The lowest BCUT2D eigenvalue weighted by atomic mass is 10.2. The summed E-state index contributed by atoms with van der Waals surface area (Å²) in [4.78, 5) is 12.1. The molecule has 7 nitrogen and oxygen atoms in total. The molecule has 0 amide bonds. The van der Waals surface area contributed by atoms with Gasteiger partial charge in [0.05, 0.1) is 41.0 Å². The van der Waals surface area contributed by atoms with Crippen LogP contribution in [0.2, 0.25) is 5.02 Å². The lowest BCUT2D eigenvalue weighted by Crippen LogP contribution is -2.27. The third-order valence-corrected chi connectivity index (χ3v) is 6.00. The van der Waals surface area contributed by atoms with Crippen molar-refractivity contribution in [3.05, 3.63) is 53.1 Å². The fourth-order valence-corrected chi connectivity index (χ4v) is 3.82. The number of methoxy groups -OCH3 is 1. The molecule has 2 aromatic carbocycles. The van der Waals surface area contributed by atoms with Crippen molar-refractivity contribution in [2.75, 3.05) is 25.1 Å². The van der Waals surface area contributed by atoms with Gasteiger partial charge in [0.15, 0.2) is 0 Å². The number of ether oxygens (including phenoxy) is 2. The number of anilines is 1. The Hall–Kier alpha value is -2.76. The van der Waals surface area contributed by atoms with Crippen LogP contribution in [0.4, 0.5) is 5.69 Å². The first-order valence-electron chi connectivity index (χ1n) is 8.28. The number of hydrogen-bond acceptors (Lipinski definition) is 6. The van der Waals surface area contributed by atoms with Crippen molar-refractivity contribution in [3.63, 3.8) is 0 Å². The maximum Gasteiger partial charge on any atom is 0.339 e. The van der Waals surface area contributed by atoms with Crippen molar-refractivity contribution in [1.29, 1.82) is 5.26 Å². The van der Waals surface area contributed by atoms with Crippen LogP contribution >= 0.6 is 11.6 Å². The van der Waals surface area contributed by atoms with Crippen LogP contribution in [0.15, 0.2) is 47.4 Å². The predicted octanol–water partition coefficient (Wildman–Crippen LogP) is 3.63. The molecule has 28 heavy (non-hydrogen) atoms. The Labute approximate surface area is 169 Å². The molecule has 0 N–H and O–H groups in total. The van der Waals surface area contributed by atoms with E-state index in [0.717, 1.165) is 4.31 Å². The molecule has 2 aromatic rings. The van der Waals surface area contributed by atoms with E-state index in [1.807, 2.05) is 6.07 Å². The lowest BCUT2D eigenvalue weighted by Gasteiger charge is -2.22. The van der Waals surface area contributed by atoms with Gasteiger partial charge in [-0.1, -0.05) is 23.7 Å². The molecule has 0 aliphatic carbocycles. The lowest BCUT2D eigenvalue weighted by molar-refractivity contribution is 0.0501. The number of para-hydroxylation sites is 2. The summed E-state index contributed by atoms with van der Waals surface area (Å²) in [7, 11) is -1.15. The molecule has 0 fully saturated rings. The van der Waals surface area contributed by atoms with Gasteiger partial charge in [-0.15, -0.1) is 0 Å². The van der Waals surface area contributed by atoms with Gasteiger partial charge in [0.2, 0.25) is 0 Å². The Balaban J connectivity index is 2.34. The van der Waals surface area contributed by atoms with Gasteiger partial charge in [0.1, 0.15) is 5.75 Å². The van der Waals surface area contributed by atoms with Crippen molar-refractivity contribution in [2.24, 2.45) is 0 Å². The standard InChI is InChI=1S/C19H19ClN2O5S/c1-22(17-7-3-4-8-18(17)26-2)28(24,25)14-9-10-16(20)15(13-14)19(23)27-12-6-5-11-21/h3-4,7-10,13H,5-6,12H2,1-2H3. The zero-order chi connectivity index (χ0) is 20.7. The summed E-state index contributed by atoms with van der Waals surface area (Å²) in [5.41, 5.74) is 0.286. The number of unbranched alkanes of at least 4 members (excludes halogenated alkanes) is 1. The summed E-state index contributed by atoms with van der Waals surface area (Å²) in [6.07, 6.45) is 0.632. The Morgan fingerprint density at radius 1 is 1.25 bits per heavy atom. The number of sulfonamides is 1. The Morgan fingerprint density at radius 2 is 1.96 bits per heavy atom. The molecular weight excluding hydrogens is 404 g/mol. The van der Waals surface area contributed by atoms with E-state index in [2.05, 4.69) is 0 Å². The SMILES string of the molecule is COc1ccccc1N(C)S(=O)(=O)c1ccc(Cl)c(C(=O)OCCCC#N)c1. The van der Waals surface area contributed by atoms with Crippen LogP contribution < -0.4 is 9.04 Å².